The summed E-state index contributed by atoms with van der Waals surface area (Å²) in [5.74, 6) is 0. The largest absolute Gasteiger partial charge is 0.299 e. The first-order valence-electron chi connectivity index (χ1n) is 9.25. The van der Waals surface area contributed by atoms with Crippen molar-refractivity contribution in [2.24, 2.45) is 0 Å². The van der Waals surface area contributed by atoms with E-state index in [2.05, 4.69) is 23.5 Å². The molecular weight excluding hydrogens is 396 g/mol. The van der Waals surface area contributed by atoms with Crippen LogP contribution in [-0.2, 0) is 26.3 Å². The molecule has 0 heterocycles. The van der Waals surface area contributed by atoms with E-state index in [-0.39, 0.29) is 22.4 Å². The summed E-state index contributed by atoms with van der Waals surface area (Å²) >= 11 is 0. The normalized spacial score (nSPS) is 13.6. The molecule has 0 fully saturated rings. The van der Waals surface area contributed by atoms with Gasteiger partial charge in [0.1, 0.15) is 0 Å². The Hall–Kier alpha value is -1.74. The van der Waals surface area contributed by atoms with E-state index in [1.165, 1.54) is 24.3 Å². The van der Waals surface area contributed by atoms with Crippen LogP contribution in [0.2, 0.25) is 0 Å². The molecule has 1 atom stereocenters. The molecule has 0 saturated carbocycles. The third kappa shape index (κ3) is 6.13. The smallest absolute Gasteiger partial charge is 0.240 e. The van der Waals surface area contributed by atoms with Crippen molar-refractivity contribution in [2.45, 2.75) is 36.1 Å². The van der Waals surface area contributed by atoms with Crippen molar-refractivity contribution in [1.82, 2.24) is 9.62 Å². The second-order valence-corrected chi connectivity index (χ2v) is 10.4. The molecule has 1 N–H and O–H groups in total. The number of hydrogen-bond acceptors (Lipinski definition) is 5. The van der Waals surface area contributed by atoms with Crippen LogP contribution in [0.5, 0.6) is 0 Å². The molecule has 0 spiro atoms. The molecule has 0 bridgehead atoms. The maximum atomic E-state index is 12.7. The number of nitrogens with one attached hydrogen (secondary N) is 1. The SMILES string of the molecule is CCN(CC)[C@@H](CNS(=O)(=O)c1ccc(S(C)(=O)=O)cc1)Cc1ccccc1. The molecule has 0 unspecified atom stereocenters. The Labute approximate surface area is 168 Å². The second-order valence-electron chi connectivity index (χ2n) is 6.66. The molecule has 2 aromatic carbocycles. The predicted octanol–water partition coefficient (Wildman–Crippen LogP) is 2.32. The fourth-order valence-electron chi connectivity index (χ4n) is 3.11. The fraction of sp³-hybridized carbons (Fsp3) is 0.400. The van der Waals surface area contributed by atoms with E-state index in [1.54, 1.807) is 0 Å². The Morgan fingerprint density at radius 1 is 0.857 bits per heavy atom. The number of hydrogen-bond donors (Lipinski definition) is 1. The topological polar surface area (TPSA) is 83.6 Å². The lowest BCUT2D eigenvalue weighted by molar-refractivity contribution is 0.216. The molecule has 154 valence electrons. The van der Waals surface area contributed by atoms with Crippen LogP contribution in [0.15, 0.2) is 64.4 Å². The van der Waals surface area contributed by atoms with E-state index in [0.717, 1.165) is 31.3 Å². The van der Waals surface area contributed by atoms with Gasteiger partial charge >= 0.3 is 0 Å². The highest BCUT2D eigenvalue weighted by molar-refractivity contribution is 7.90. The van der Waals surface area contributed by atoms with Crippen LogP contribution in [0.3, 0.4) is 0 Å². The van der Waals surface area contributed by atoms with Gasteiger partial charge in [-0.1, -0.05) is 44.2 Å². The zero-order chi connectivity index (χ0) is 20.8. The maximum Gasteiger partial charge on any atom is 0.240 e. The minimum absolute atomic E-state index is 0.0162. The summed E-state index contributed by atoms with van der Waals surface area (Å²) in [5, 5.41) is 0. The van der Waals surface area contributed by atoms with Crippen molar-refractivity contribution < 1.29 is 16.8 Å². The molecule has 0 amide bonds. The van der Waals surface area contributed by atoms with Gasteiger partial charge in [-0.3, -0.25) is 4.90 Å². The third-order valence-corrected chi connectivity index (χ3v) is 7.28. The summed E-state index contributed by atoms with van der Waals surface area (Å²) in [6, 6.07) is 15.3. The van der Waals surface area contributed by atoms with Crippen LogP contribution >= 0.6 is 0 Å². The summed E-state index contributed by atoms with van der Waals surface area (Å²) in [6.45, 7) is 6.02. The molecular formula is C20H28N2O4S2. The molecule has 2 rings (SSSR count). The van der Waals surface area contributed by atoms with Crippen LogP contribution in [0.1, 0.15) is 19.4 Å². The molecule has 6 nitrogen and oxygen atoms in total. The Morgan fingerprint density at radius 2 is 1.39 bits per heavy atom. The lowest BCUT2D eigenvalue weighted by atomic mass is 10.0. The lowest BCUT2D eigenvalue weighted by Crippen LogP contribution is -2.45. The van der Waals surface area contributed by atoms with Crippen molar-refractivity contribution in [3.8, 4) is 0 Å². The van der Waals surface area contributed by atoms with Gasteiger partial charge in [0.25, 0.3) is 0 Å². The first-order chi connectivity index (χ1) is 13.2. The van der Waals surface area contributed by atoms with Crippen LogP contribution in [0, 0.1) is 0 Å². The van der Waals surface area contributed by atoms with Crippen molar-refractivity contribution in [1.29, 1.82) is 0 Å². The number of sulfone groups is 1. The van der Waals surface area contributed by atoms with Gasteiger partial charge in [-0.2, -0.15) is 0 Å². The molecule has 0 aliphatic carbocycles. The predicted molar refractivity (Wildman–Crippen MR) is 112 cm³/mol. The number of rotatable bonds is 10. The van der Waals surface area contributed by atoms with Gasteiger partial charge in [0.2, 0.25) is 10.0 Å². The first kappa shape index (κ1) is 22.5. The Kier molecular flexibility index (Phi) is 7.77. The zero-order valence-corrected chi connectivity index (χ0v) is 18.1. The Bertz CT molecular complexity index is 953. The minimum atomic E-state index is -3.73. The van der Waals surface area contributed by atoms with E-state index >= 15 is 0 Å². The van der Waals surface area contributed by atoms with Gasteiger partial charge in [-0.05, 0) is 49.3 Å². The summed E-state index contributed by atoms with van der Waals surface area (Å²) in [4.78, 5) is 2.37. The molecule has 0 saturated heterocycles. The second kappa shape index (κ2) is 9.65. The van der Waals surface area contributed by atoms with Crippen LogP contribution in [0.25, 0.3) is 0 Å². The summed E-state index contributed by atoms with van der Waals surface area (Å²) in [7, 11) is -7.10. The molecule has 0 aromatic heterocycles. The summed E-state index contributed by atoms with van der Waals surface area (Å²) in [6.07, 6.45) is 1.82. The van der Waals surface area contributed by atoms with E-state index in [4.69, 9.17) is 0 Å². The highest BCUT2D eigenvalue weighted by Crippen LogP contribution is 2.15. The molecule has 8 heteroatoms. The summed E-state index contributed by atoms with van der Waals surface area (Å²) in [5.41, 5.74) is 1.15. The van der Waals surface area contributed by atoms with Crippen molar-refractivity contribution >= 4 is 19.9 Å². The fourth-order valence-corrected chi connectivity index (χ4v) is 4.82. The molecule has 0 aliphatic heterocycles. The highest BCUT2D eigenvalue weighted by atomic mass is 32.2. The van der Waals surface area contributed by atoms with Crippen molar-refractivity contribution in [2.75, 3.05) is 25.9 Å². The number of benzene rings is 2. The molecule has 2 aromatic rings. The number of sulfonamides is 1. The van der Waals surface area contributed by atoms with Crippen LogP contribution in [0.4, 0.5) is 0 Å². The zero-order valence-electron chi connectivity index (χ0n) is 16.5. The van der Waals surface area contributed by atoms with Crippen LogP contribution < -0.4 is 4.72 Å². The van der Waals surface area contributed by atoms with Gasteiger partial charge in [0.15, 0.2) is 9.84 Å². The van der Waals surface area contributed by atoms with Gasteiger partial charge in [0, 0.05) is 18.8 Å². The van der Waals surface area contributed by atoms with Gasteiger partial charge in [0.05, 0.1) is 9.79 Å². The van der Waals surface area contributed by atoms with Crippen molar-refractivity contribution in [3.63, 3.8) is 0 Å². The Balaban J connectivity index is 2.15. The number of likely N-dealkylation sites (N-methyl/N-ethyl adjacent to an activating group) is 1. The van der Waals surface area contributed by atoms with Gasteiger partial charge in [-0.25, -0.2) is 21.6 Å². The minimum Gasteiger partial charge on any atom is -0.299 e. The van der Waals surface area contributed by atoms with Gasteiger partial charge in [-0.15, -0.1) is 0 Å². The van der Waals surface area contributed by atoms with E-state index in [9.17, 15) is 16.8 Å². The average molecular weight is 425 g/mol. The van der Waals surface area contributed by atoms with Crippen LogP contribution in [-0.4, -0.2) is 53.7 Å². The van der Waals surface area contributed by atoms with Crippen molar-refractivity contribution in [3.05, 3.63) is 60.2 Å². The maximum absolute atomic E-state index is 12.7. The third-order valence-electron chi connectivity index (χ3n) is 4.71. The highest BCUT2D eigenvalue weighted by Gasteiger charge is 2.21. The number of nitrogens with zero attached hydrogens (tertiary/aromatic N) is 1. The standard InChI is InChI=1S/C20H28N2O4S2/c1-4-22(5-2)18(15-17-9-7-6-8-10-17)16-21-28(25,26)20-13-11-19(12-14-20)27(3,23)24/h6-14,18,21H,4-5,15-16H2,1-3H3/t18-/m1/s1. The Morgan fingerprint density at radius 3 is 1.89 bits per heavy atom. The molecule has 0 aliphatic rings. The molecule has 28 heavy (non-hydrogen) atoms. The summed E-state index contributed by atoms with van der Waals surface area (Å²) < 4.78 is 51.1. The van der Waals surface area contributed by atoms with E-state index in [1.807, 2.05) is 30.3 Å². The monoisotopic (exact) mass is 424 g/mol. The quantitative estimate of drug-likeness (QED) is 0.633. The molecule has 0 radical (unpaired) electrons. The average Bonchev–Trinajstić information content (AvgIpc) is 2.67. The lowest BCUT2D eigenvalue weighted by Gasteiger charge is -2.30. The first-order valence-corrected chi connectivity index (χ1v) is 12.6. The van der Waals surface area contributed by atoms with E-state index in [0.29, 0.717) is 0 Å². The van der Waals surface area contributed by atoms with Gasteiger partial charge < -0.3 is 0 Å². The van der Waals surface area contributed by atoms with E-state index < -0.39 is 19.9 Å².